The average molecular weight is 350 g/mol. The summed E-state index contributed by atoms with van der Waals surface area (Å²) in [7, 11) is 0. The summed E-state index contributed by atoms with van der Waals surface area (Å²) < 4.78 is 0. The van der Waals surface area contributed by atoms with Gasteiger partial charge in [-0.2, -0.15) is 0 Å². The van der Waals surface area contributed by atoms with Crippen LogP contribution in [0.25, 0.3) is 0 Å². The Labute approximate surface area is 197 Å². The molecule has 0 amide bonds. The summed E-state index contributed by atoms with van der Waals surface area (Å²) in [6, 6.07) is 0.0694. The van der Waals surface area contributed by atoms with Crippen molar-refractivity contribution >= 4 is 17.9 Å². The van der Waals surface area contributed by atoms with Crippen LogP contribution in [0.3, 0.4) is 0 Å². The summed E-state index contributed by atoms with van der Waals surface area (Å²) >= 11 is 0. The Morgan fingerprint density at radius 3 is 1.14 bits per heavy atom. The van der Waals surface area contributed by atoms with Gasteiger partial charge in [-0.15, -0.1) is 0 Å². The molecule has 0 radical (unpaired) electrons. The third-order valence-corrected chi connectivity index (χ3v) is 0.960. The molecule has 0 bridgehead atoms. The number of carboxylic acids is 3. The largest absolute Gasteiger partial charge is 1.00 e. The van der Waals surface area contributed by atoms with E-state index in [0.717, 1.165) is 27.2 Å². The maximum absolute atomic E-state index is 8.89. The number of carbonyl (C=O) groups is 3. The molecule has 0 spiro atoms. The van der Waals surface area contributed by atoms with E-state index in [1.165, 1.54) is 0 Å². The van der Waals surface area contributed by atoms with E-state index in [0.29, 0.717) is 6.54 Å². The molecule has 0 aromatic carbocycles. The van der Waals surface area contributed by atoms with Crippen LogP contribution in [0.4, 0.5) is 0 Å². The number of carboxylic acid groups (broad SMARTS) is 3. The monoisotopic (exact) mass is 350 g/mol. The van der Waals surface area contributed by atoms with Crippen molar-refractivity contribution in [1.29, 1.82) is 0 Å². The smallest absolute Gasteiger partial charge is 0.550 e. The molecule has 1 unspecified atom stereocenters. The molecule has 4 N–H and O–H groups in total. The van der Waals surface area contributed by atoms with Crippen LogP contribution in [-0.4, -0.2) is 35.7 Å². The Morgan fingerprint density at radius 1 is 0.955 bits per heavy atom. The van der Waals surface area contributed by atoms with Crippen molar-refractivity contribution in [3.63, 3.8) is 0 Å². The van der Waals surface area contributed by atoms with Gasteiger partial charge in [-0.3, -0.25) is 0 Å². The fourth-order valence-electron chi connectivity index (χ4n) is 0.311. The van der Waals surface area contributed by atoms with Gasteiger partial charge in [-0.25, -0.2) is 5.48 Å². The van der Waals surface area contributed by atoms with Gasteiger partial charge in [0.2, 0.25) is 0 Å². The minimum Gasteiger partial charge on any atom is -0.550 e. The summed E-state index contributed by atoms with van der Waals surface area (Å²) in [5, 5.41) is 34.9. The SMILES string of the molecule is CC(=O)[O-].CC(=O)[O-].CC(=O)[O-].CCC(CN)NO.[Na+].[Na+].[Na+]. The Hall–Kier alpha value is 1.29. The topological polar surface area (TPSA) is 179 Å². The van der Waals surface area contributed by atoms with Gasteiger partial charge in [0, 0.05) is 30.5 Å². The van der Waals surface area contributed by atoms with Crippen LogP contribution in [0, 0.1) is 0 Å². The van der Waals surface area contributed by atoms with Gasteiger partial charge < -0.3 is 40.6 Å². The number of nitrogens with two attached hydrogens (primary N) is 1. The summed E-state index contributed by atoms with van der Waals surface area (Å²) in [6.07, 6.45) is 0.868. The second-order valence-electron chi connectivity index (χ2n) is 2.94. The quantitative estimate of drug-likeness (QED) is 0.329. The predicted molar refractivity (Wildman–Crippen MR) is 60.1 cm³/mol. The summed E-state index contributed by atoms with van der Waals surface area (Å²) in [6.45, 7) is 5.37. The molecule has 0 fully saturated rings. The third kappa shape index (κ3) is 165. The Balaban J connectivity index is -0.0000000270. The van der Waals surface area contributed by atoms with Crippen molar-refractivity contribution in [3.8, 4) is 0 Å². The number of hydrogen-bond acceptors (Lipinski definition) is 9. The molecule has 0 heterocycles. The maximum Gasteiger partial charge on any atom is 1.00 e. The number of aliphatic carboxylic acids is 3. The number of nitrogens with one attached hydrogen (secondary N) is 1. The first kappa shape index (κ1) is 43.6. The van der Waals surface area contributed by atoms with Crippen molar-refractivity contribution in [2.24, 2.45) is 5.73 Å². The summed E-state index contributed by atoms with van der Waals surface area (Å²) in [5.74, 6) is -3.25. The molecule has 12 heteroatoms. The van der Waals surface area contributed by atoms with Gasteiger partial charge in [-0.1, -0.05) is 6.92 Å². The molecule has 22 heavy (non-hydrogen) atoms. The van der Waals surface area contributed by atoms with Gasteiger partial charge in [-0.05, 0) is 27.2 Å². The molecule has 0 aliphatic rings. The van der Waals surface area contributed by atoms with Gasteiger partial charge >= 0.3 is 88.7 Å². The molecular weight excluding hydrogens is 329 g/mol. The zero-order valence-electron chi connectivity index (χ0n) is 14.5. The summed E-state index contributed by atoms with van der Waals surface area (Å²) in [4.78, 5) is 26.7. The minimum absolute atomic E-state index is 0. The van der Waals surface area contributed by atoms with E-state index < -0.39 is 17.9 Å². The van der Waals surface area contributed by atoms with Gasteiger partial charge in [0.25, 0.3) is 0 Å². The molecule has 1 atom stereocenters. The molecule has 0 saturated heterocycles. The van der Waals surface area contributed by atoms with Gasteiger partial charge in [0.15, 0.2) is 0 Å². The van der Waals surface area contributed by atoms with Gasteiger partial charge in [0.05, 0.1) is 0 Å². The standard InChI is InChI=1S/C4H12N2O.3C2H4O2.3Na/c1-2-4(3-5)6-7;3*1-2(3)4;;;/h4,6-7H,2-3,5H2,1H3;3*1H3,(H,3,4);;;/q;;;;3*+1/p-3. The van der Waals surface area contributed by atoms with Crippen molar-refractivity contribution in [2.75, 3.05) is 6.54 Å². The normalized spacial score (nSPS) is 7.91. The molecule has 0 aliphatic heterocycles. The number of hydrogen-bond donors (Lipinski definition) is 3. The van der Waals surface area contributed by atoms with Crippen LogP contribution >= 0.6 is 0 Å². The van der Waals surface area contributed by atoms with Crippen LogP contribution < -0.4 is 115 Å². The predicted octanol–water partition coefficient (Wildman–Crippen LogP) is -13.0. The molecule has 0 aliphatic carbocycles. The molecular formula is C10H21N2Na3O7. The molecule has 0 aromatic heterocycles. The van der Waals surface area contributed by atoms with Crippen molar-refractivity contribution in [2.45, 2.75) is 40.2 Å². The zero-order valence-corrected chi connectivity index (χ0v) is 20.5. The molecule has 0 aromatic rings. The van der Waals surface area contributed by atoms with Crippen LogP contribution in [0.5, 0.6) is 0 Å². The molecule has 116 valence electrons. The third-order valence-electron chi connectivity index (χ3n) is 0.960. The first-order chi connectivity index (χ1) is 8.54. The van der Waals surface area contributed by atoms with E-state index in [4.69, 9.17) is 40.6 Å². The van der Waals surface area contributed by atoms with Crippen molar-refractivity contribution < 1.29 is 124 Å². The van der Waals surface area contributed by atoms with E-state index in [-0.39, 0.29) is 94.7 Å². The summed E-state index contributed by atoms with van der Waals surface area (Å²) in [5.41, 5.74) is 7.25. The molecule has 0 rings (SSSR count). The van der Waals surface area contributed by atoms with Crippen LogP contribution in [0.1, 0.15) is 34.1 Å². The van der Waals surface area contributed by atoms with Gasteiger partial charge in [0.1, 0.15) is 0 Å². The van der Waals surface area contributed by atoms with E-state index in [9.17, 15) is 0 Å². The number of carbonyl (C=O) groups excluding carboxylic acids is 3. The van der Waals surface area contributed by atoms with E-state index >= 15 is 0 Å². The van der Waals surface area contributed by atoms with Crippen LogP contribution in [-0.2, 0) is 14.4 Å². The van der Waals surface area contributed by atoms with Crippen LogP contribution in [0.2, 0.25) is 0 Å². The number of rotatable bonds is 3. The second-order valence-corrected chi connectivity index (χ2v) is 2.94. The first-order valence-corrected chi connectivity index (χ1v) is 5.17. The Bertz CT molecular complexity index is 197. The average Bonchev–Trinajstić information content (AvgIpc) is 2.17. The Morgan fingerprint density at radius 2 is 1.14 bits per heavy atom. The minimum atomic E-state index is -1.08. The number of hydroxylamine groups is 1. The Kier molecular flexibility index (Phi) is 75.5. The van der Waals surface area contributed by atoms with Crippen LogP contribution in [0.15, 0.2) is 0 Å². The van der Waals surface area contributed by atoms with E-state index in [1.54, 1.807) is 0 Å². The fourth-order valence-corrected chi connectivity index (χ4v) is 0.311. The molecule has 0 saturated carbocycles. The van der Waals surface area contributed by atoms with Crippen molar-refractivity contribution in [3.05, 3.63) is 0 Å². The van der Waals surface area contributed by atoms with Crippen molar-refractivity contribution in [1.82, 2.24) is 5.48 Å². The maximum atomic E-state index is 8.89. The fraction of sp³-hybridized carbons (Fsp3) is 0.700. The van der Waals surface area contributed by atoms with E-state index in [2.05, 4.69) is 5.48 Å². The van der Waals surface area contributed by atoms with E-state index in [1.807, 2.05) is 6.92 Å². The first-order valence-electron chi connectivity index (χ1n) is 5.17. The molecule has 9 nitrogen and oxygen atoms in total. The zero-order chi connectivity index (χ0) is 16.4. The second kappa shape index (κ2) is 38.1.